The fourth-order valence-electron chi connectivity index (χ4n) is 5.37. The summed E-state index contributed by atoms with van der Waals surface area (Å²) in [7, 11) is -3.05. The summed E-state index contributed by atoms with van der Waals surface area (Å²) in [5.41, 5.74) is -0.693. The summed E-state index contributed by atoms with van der Waals surface area (Å²) >= 11 is 0. The Morgan fingerprint density at radius 1 is 1.21 bits per heavy atom. The number of rotatable bonds is 7. The summed E-state index contributed by atoms with van der Waals surface area (Å²) in [5, 5.41) is 15.0. The van der Waals surface area contributed by atoms with E-state index >= 15 is 0 Å². The molecule has 0 saturated carbocycles. The van der Waals surface area contributed by atoms with Crippen LogP contribution < -0.4 is 15.1 Å². The Balaban J connectivity index is 1.41. The first-order chi connectivity index (χ1) is 18.3. The second-order valence-electron chi connectivity index (χ2n) is 11.3. The molecule has 3 aromatic rings. The molecule has 2 fully saturated rings. The zero-order valence-corrected chi connectivity index (χ0v) is 23.7. The van der Waals surface area contributed by atoms with Gasteiger partial charge in [0.25, 0.3) is 0 Å². The maximum atomic E-state index is 14.7. The molecule has 210 valence electrons. The lowest BCUT2D eigenvalue weighted by molar-refractivity contribution is -0.00860. The molecule has 0 bridgehead atoms. The highest BCUT2D eigenvalue weighted by Gasteiger charge is 2.40. The summed E-state index contributed by atoms with van der Waals surface area (Å²) in [6, 6.07) is 1.98. The number of aliphatic hydroxyl groups excluding tert-OH is 1. The van der Waals surface area contributed by atoms with Crippen LogP contribution in [-0.4, -0.2) is 87.9 Å². The van der Waals surface area contributed by atoms with Gasteiger partial charge in [-0.05, 0) is 43.2 Å². The lowest BCUT2D eigenvalue weighted by atomic mass is 9.90. The molecule has 39 heavy (non-hydrogen) atoms. The Hall–Kier alpha value is -3.19. The number of aliphatic hydroxyl groups is 1. The number of halogens is 1. The van der Waals surface area contributed by atoms with E-state index in [0.29, 0.717) is 24.9 Å². The largest absolute Gasteiger partial charge is 0.390 e. The molecule has 3 aromatic heterocycles. The van der Waals surface area contributed by atoms with Crippen LogP contribution in [0.3, 0.4) is 0 Å². The number of fused-ring (bicyclic) bond motifs is 1. The number of anilines is 4. The summed E-state index contributed by atoms with van der Waals surface area (Å²) in [6.45, 7) is 8.65. The maximum absolute atomic E-state index is 14.7. The number of hydrogen-bond donors (Lipinski definition) is 2. The monoisotopic (exact) mass is 558 g/mol. The summed E-state index contributed by atoms with van der Waals surface area (Å²) in [5.74, 6) is 2.36. The van der Waals surface area contributed by atoms with Crippen LogP contribution in [0.5, 0.6) is 0 Å². The number of pyridine rings is 2. The molecule has 2 aliphatic heterocycles. The Morgan fingerprint density at radius 2 is 1.97 bits per heavy atom. The van der Waals surface area contributed by atoms with Crippen molar-refractivity contribution in [3.05, 3.63) is 30.4 Å². The third-order valence-electron chi connectivity index (χ3n) is 7.75. The lowest BCUT2D eigenvalue weighted by Crippen LogP contribution is -2.57. The van der Waals surface area contributed by atoms with Gasteiger partial charge in [0.15, 0.2) is 5.67 Å². The number of nitrogens with zero attached hydrogens (tertiary/aromatic N) is 7. The number of sulfone groups is 1. The molecule has 0 aliphatic carbocycles. The van der Waals surface area contributed by atoms with Crippen LogP contribution in [-0.2, 0) is 9.84 Å². The predicted molar refractivity (Wildman–Crippen MR) is 149 cm³/mol. The average molecular weight is 559 g/mol. The van der Waals surface area contributed by atoms with Gasteiger partial charge in [0, 0.05) is 49.1 Å². The molecule has 0 radical (unpaired) electrons. The van der Waals surface area contributed by atoms with E-state index < -0.39 is 21.6 Å². The van der Waals surface area contributed by atoms with E-state index in [0.717, 1.165) is 22.2 Å². The summed E-state index contributed by atoms with van der Waals surface area (Å²) in [6.07, 6.45) is 5.55. The van der Waals surface area contributed by atoms with Crippen molar-refractivity contribution >= 4 is 44.1 Å². The number of alkyl halides is 1. The van der Waals surface area contributed by atoms with E-state index in [4.69, 9.17) is 4.98 Å². The van der Waals surface area contributed by atoms with E-state index in [1.54, 1.807) is 11.1 Å². The lowest BCUT2D eigenvalue weighted by Gasteiger charge is -2.47. The molecule has 5 heterocycles. The molecule has 0 unspecified atom stereocenters. The highest BCUT2D eigenvalue weighted by Crippen LogP contribution is 2.38. The molecule has 5 rings (SSSR count). The van der Waals surface area contributed by atoms with Crippen LogP contribution in [0.25, 0.3) is 10.8 Å². The standard InChI is InChI=1S/C26H35FN8O3S/c1-15(2)19-9-29-23(35-11-17(16(35)3)12-39(5,37)38)20-10-28-22(8-18(19)20)32-24-30-14-31-25(33-24)34-7-6-21(36)26(4,27)13-34/h8-10,14-17,21,36H,6-7,11-13H2,1-5H3,(H,28,30,31,32,33)/t16-,17-,21+,26-/m0/s1. The zero-order chi connectivity index (χ0) is 28.1. The van der Waals surface area contributed by atoms with Gasteiger partial charge in [-0.3, -0.25) is 0 Å². The zero-order valence-electron chi connectivity index (χ0n) is 22.8. The van der Waals surface area contributed by atoms with Crippen molar-refractivity contribution in [1.29, 1.82) is 0 Å². The van der Waals surface area contributed by atoms with E-state index in [1.807, 2.05) is 19.2 Å². The second-order valence-corrected chi connectivity index (χ2v) is 13.5. The number of piperidine rings is 1. The topological polar surface area (TPSA) is 137 Å². The first-order valence-electron chi connectivity index (χ1n) is 13.1. The number of nitrogens with one attached hydrogen (secondary N) is 1. The predicted octanol–water partition coefficient (Wildman–Crippen LogP) is 2.85. The van der Waals surface area contributed by atoms with Gasteiger partial charge in [-0.1, -0.05) is 13.8 Å². The Labute approximate surface area is 227 Å². The Kier molecular flexibility index (Phi) is 7.08. The number of hydrogen-bond acceptors (Lipinski definition) is 11. The fourth-order valence-corrected chi connectivity index (χ4v) is 6.53. The molecule has 2 saturated heterocycles. The second kappa shape index (κ2) is 10.1. The third kappa shape index (κ3) is 5.60. The van der Waals surface area contributed by atoms with Gasteiger partial charge in [0.05, 0.1) is 18.4 Å². The van der Waals surface area contributed by atoms with E-state index in [-0.39, 0.29) is 42.5 Å². The highest BCUT2D eigenvalue weighted by molar-refractivity contribution is 7.90. The summed E-state index contributed by atoms with van der Waals surface area (Å²) in [4.78, 5) is 26.1. The molecular formula is C26H35FN8O3S. The minimum Gasteiger partial charge on any atom is -0.390 e. The van der Waals surface area contributed by atoms with Crippen LogP contribution in [0.2, 0.25) is 0 Å². The quantitative estimate of drug-likeness (QED) is 0.443. The van der Waals surface area contributed by atoms with Crippen molar-refractivity contribution < 1.29 is 17.9 Å². The van der Waals surface area contributed by atoms with Gasteiger partial charge in [-0.2, -0.15) is 4.98 Å². The van der Waals surface area contributed by atoms with Crippen LogP contribution in [0.15, 0.2) is 24.8 Å². The molecule has 13 heteroatoms. The van der Waals surface area contributed by atoms with Crippen molar-refractivity contribution in [2.24, 2.45) is 5.92 Å². The Bertz CT molecular complexity index is 1490. The van der Waals surface area contributed by atoms with Gasteiger partial charge in [-0.25, -0.2) is 32.7 Å². The molecule has 4 atom stereocenters. The Morgan fingerprint density at radius 3 is 2.64 bits per heavy atom. The molecule has 0 aromatic carbocycles. The van der Waals surface area contributed by atoms with Crippen molar-refractivity contribution in [2.75, 3.05) is 46.8 Å². The van der Waals surface area contributed by atoms with Crippen molar-refractivity contribution in [1.82, 2.24) is 24.9 Å². The third-order valence-corrected chi connectivity index (χ3v) is 8.78. The molecule has 0 amide bonds. The van der Waals surface area contributed by atoms with E-state index in [9.17, 15) is 17.9 Å². The minimum absolute atomic E-state index is 0.0145. The maximum Gasteiger partial charge on any atom is 0.233 e. The number of aromatic nitrogens is 5. The minimum atomic E-state index is -3.05. The van der Waals surface area contributed by atoms with Gasteiger partial charge >= 0.3 is 0 Å². The molecule has 2 N–H and O–H groups in total. The van der Waals surface area contributed by atoms with Crippen molar-refractivity contribution in [2.45, 2.75) is 57.8 Å². The van der Waals surface area contributed by atoms with Gasteiger partial charge in [0.2, 0.25) is 11.9 Å². The SMILES string of the molecule is CC(C)c1cnc(N2C[C@@H](CS(C)(=O)=O)[C@@H]2C)c2cnc(Nc3ncnc(N4CC[C@@H](O)[C@@](C)(F)C4)n3)cc12. The van der Waals surface area contributed by atoms with Gasteiger partial charge in [-0.15, -0.1) is 0 Å². The van der Waals surface area contributed by atoms with Crippen LogP contribution in [0.1, 0.15) is 45.6 Å². The molecule has 11 nitrogen and oxygen atoms in total. The molecule has 2 aliphatic rings. The smallest absolute Gasteiger partial charge is 0.233 e. The molecule has 0 spiro atoms. The van der Waals surface area contributed by atoms with Crippen LogP contribution in [0, 0.1) is 5.92 Å². The van der Waals surface area contributed by atoms with Crippen molar-refractivity contribution in [3.63, 3.8) is 0 Å². The average Bonchev–Trinajstić information content (AvgIpc) is 2.86. The highest BCUT2D eigenvalue weighted by atomic mass is 32.2. The van der Waals surface area contributed by atoms with E-state index in [2.05, 4.69) is 44.0 Å². The fraction of sp³-hybridized carbons (Fsp3) is 0.577. The first-order valence-corrected chi connectivity index (χ1v) is 15.2. The van der Waals surface area contributed by atoms with Crippen LogP contribution >= 0.6 is 0 Å². The summed E-state index contributed by atoms with van der Waals surface area (Å²) < 4.78 is 38.3. The normalized spacial score (nSPS) is 25.7. The molecular weight excluding hydrogens is 523 g/mol. The van der Waals surface area contributed by atoms with E-state index in [1.165, 1.54) is 19.5 Å². The van der Waals surface area contributed by atoms with Crippen LogP contribution in [0.4, 0.5) is 27.9 Å². The van der Waals surface area contributed by atoms with Gasteiger partial charge < -0.3 is 20.2 Å². The van der Waals surface area contributed by atoms with Crippen molar-refractivity contribution in [3.8, 4) is 0 Å². The van der Waals surface area contributed by atoms with Gasteiger partial charge in [0.1, 0.15) is 27.8 Å². The first kappa shape index (κ1) is 27.4.